The van der Waals surface area contributed by atoms with Crippen LogP contribution in [0.4, 0.5) is 0 Å². The quantitative estimate of drug-likeness (QED) is 0.767. The molecule has 0 aromatic heterocycles. The van der Waals surface area contributed by atoms with E-state index >= 15 is 0 Å². The number of benzene rings is 1. The largest absolute Gasteiger partial charge is 0.392 e. The SMILES string of the molecule is Cc1ccc(C(C)NC(=O)C2CC(O)CN2)c(C)c1. The van der Waals surface area contributed by atoms with Gasteiger partial charge >= 0.3 is 0 Å². The lowest BCUT2D eigenvalue weighted by atomic mass is 10.00. The topological polar surface area (TPSA) is 61.4 Å². The minimum absolute atomic E-state index is 0.0207. The molecule has 1 aromatic rings. The minimum Gasteiger partial charge on any atom is -0.392 e. The molecule has 4 heteroatoms. The van der Waals surface area contributed by atoms with Gasteiger partial charge in [-0.25, -0.2) is 0 Å². The fraction of sp³-hybridized carbons (Fsp3) is 0.533. The van der Waals surface area contributed by atoms with Crippen LogP contribution in [0.25, 0.3) is 0 Å². The van der Waals surface area contributed by atoms with Crippen molar-refractivity contribution in [2.45, 2.75) is 45.4 Å². The van der Waals surface area contributed by atoms with Gasteiger partial charge in [-0.3, -0.25) is 4.79 Å². The van der Waals surface area contributed by atoms with Crippen molar-refractivity contribution in [1.29, 1.82) is 0 Å². The zero-order chi connectivity index (χ0) is 14.0. The summed E-state index contributed by atoms with van der Waals surface area (Å²) in [6.45, 7) is 6.60. The molecule has 1 aliphatic rings. The number of aryl methyl sites for hydroxylation is 2. The van der Waals surface area contributed by atoms with Crippen LogP contribution in [-0.4, -0.2) is 29.7 Å². The molecule has 1 aliphatic heterocycles. The molecule has 1 fully saturated rings. The third-order valence-corrected chi connectivity index (χ3v) is 3.67. The van der Waals surface area contributed by atoms with Crippen LogP contribution < -0.4 is 10.6 Å². The summed E-state index contributed by atoms with van der Waals surface area (Å²) in [5.74, 6) is -0.0379. The van der Waals surface area contributed by atoms with Gasteiger partial charge in [-0.15, -0.1) is 0 Å². The standard InChI is InChI=1S/C15H22N2O2/c1-9-4-5-13(10(2)6-9)11(3)17-15(19)14-7-12(18)8-16-14/h4-6,11-12,14,16,18H,7-8H2,1-3H3,(H,17,19). The third-order valence-electron chi connectivity index (χ3n) is 3.67. The number of hydrogen-bond acceptors (Lipinski definition) is 3. The van der Waals surface area contributed by atoms with E-state index in [2.05, 4.69) is 42.7 Å². The van der Waals surface area contributed by atoms with Crippen molar-refractivity contribution in [3.63, 3.8) is 0 Å². The van der Waals surface area contributed by atoms with E-state index in [9.17, 15) is 9.90 Å². The molecule has 3 unspecified atom stereocenters. The Morgan fingerprint density at radius 2 is 2.21 bits per heavy atom. The molecule has 2 rings (SSSR count). The van der Waals surface area contributed by atoms with Crippen molar-refractivity contribution in [2.75, 3.05) is 6.54 Å². The second-order valence-electron chi connectivity index (χ2n) is 5.44. The minimum atomic E-state index is -0.410. The normalized spacial score (nSPS) is 24.2. The van der Waals surface area contributed by atoms with Gasteiger partial charge in [0.15, 0.2) is 0 Å². The Balaban J connectivity index is 2.00. The first-order valence-corrected chi connectivity index (χ1v) is 6.76. The Kier molecular flexibility index (Phi) is 4.22. The maximum absolute atomic E-state index is 12.1. The summed E-state index contributed by atoms with van der Waals surface area (Å²) in [6, 6.07) is 5.95. The van der Waals surface area contributed by atoms with E-state index in [1.807, 2.05) is 6.92 Å². The number of carbonyl (C=O) groups is 1. The monoisotopic (exact) mass is 262 g/mol. The van der Waals surface area contributed by atoms with Gasteiger partial charge in [0.25, 0.3) is 0 Å². The van der Waals surface area contributed by atoms with E-state index < -0.39 is 6.10 Å². The van der Waals surface area contributed by atoms with Crippen molar-refractivity contribution >= 4 is 5.91 Å². The average Bonchev–Trinajstić information content (AvgIpc) is 2.75. The molecule has 104 valence electrons. The summed E-state index contributed by atoms with van der Waals surface area (Å²) in [6.07, 6.45) is 0.0815. The van der Waals surface area contributed by atoms with E-state index in [0.717, 1.165) is 5.56 Å². The van der Waals surface area contributed by atoms with Gasteiger partial charge in [0.1, 0.15) is 0 Å². The Morgan fingerprint density at radius 1 is 1.47 bits per heavy atom. The van der Waals surface area contributed by atoms with Crippen molar-refractivity contribution in [3.05, 3.63) is 34.9 Å². The highest BCUT2D eigenvalue weighted by atomic mass is 16.3. The summed E-state index contributed by atoms with van der Waals surface area (Å²) in [5.41, 5.74) is 3.55. The molecule has 3 N–H and O–H groups in total. The van der Waals surface area contributed by atoms with Gasteiger partial charge in [0.05, 0.1) is 18.2 Å². The summed E-state index contributed by atoms with van der Waals surface area (Å²) in [7, 11) is 0. The zero-order valence-electron chi connectivity index (χ0n) is 11.7. The van der Waals surface area contributed by atoms with Gasteiger partial charge in [0, 0.05) is 6.54 Å². The predicted molar refractivity (Wildman–Crippen MR) is 74.9 cm³/mol. The Bertz CT molecular complexity index is 473. The van der Waals surface area contributed by atoms with Crippen molar-refractivity contribution in [1.82, 2.24) is 10.6 Å². The van der Waals surface area contributed by atoms with Gasteiger partial charge in [-0.1, -0.05) is 23.8 Å². The average molecular weight is 262 g/mol. The van der Waals surface area contributed by atoms with Crippen LogP contribution in [0.2, 0.25) is 0 Å². The van der Waals surface area contributed by atoms with E-state index in [0.29, 0.717) is 13.0 Å². The summed E-state index contributed by atoms with van der Waals surface area (Å²) >= 11 is 0. The Labute approximate surface area is 114 Å². The number of carbonyl (C=O) groups excluding carboxylic acids is 1. The Morgan fingerprint density at radius 3 is 2.79 bits per heavy atom. The van der Waals surface area contributed by atoms with E-state index in [1.165, 1.54) is 11.1 Å². The second kappa shape index (κ2) is 5.72. The lowest BCUT2D eigenvalue weighted by molar-refractivity contribution is -0.123. The summed E-state index contributed by atoms with van der Waals surface area (Å²) in [4.78, 5) is 12.1. The zero-order valence-corrected chi connectivity index (χ0v) is 11.7. The number of hydrogen-bond donors (Lipinski definition) is 3. The van der Waals surface area contributed by atoms with E-state index in [1.54, 1.807) is 0 Å². The maximum Gasteiger partial charge on any atom is 0.237 e. The molecule has 0 radical (unpaired) electrons. The number of amides is 1. The fourth-order valence-electron chi connectivity index (χ4n) is 2.62. The van der Waals surface area contributed by atoms with Crippen LogP contribution in [0.5, 0.6) is 0 Å². The van der Waals surface area contributed by atoms with E-state index in [4.69, 9.17) is 0 Å². The molecule has 1 aromatic carbocycles. The molecule has 0 aliphatic carbocycles. The van der Waals surface area contributed by atoms with Crippen LogP contribution in [0.15, 0.2) is 18.2 Å². The third kappa shape index (κ3) is 3.33. The highest BCUT2D eigenvalue weighted by Gasteiger charge is 2.28. The number of aliphatic hydroxyl groups is 1. The molecule has 19 heavy (non-hydrogen) atoms. The number of aliphatic hydroxyl groups excluding tert-OH is 1. The molecule has 3 atom stereocenters. The molecular formula is C15H22N2O2. The van der Waals surface area contributed by atoms with Gasteiger partial charge in [-0.2, -0.15) is 0 Å². The second-order valence-corrected chi connectivity index (χ2v) is 5.44. The molecule has 0 saturated carbocycles. The highest BCUT2D eigenvalue weighted by molar-refractivity contribution is 5.82. The van der Waals surface area contributed by atoms with Gasteiger partial charge < -0.3 is 15.7 Å². The smallest absolute Gasteiger partial charge is 0.237 e. The Hall–Kier alpha value is -1.39. The fourth-order valence-corrected chi connectivity index (χ4v) is 2.62. The molecule has 0 spiro atoms. The molecular weight excluding hydrogens is 240 g/mol. The van der Waals surface area contributed by atoms with Crippen molar-refractivity contribution in [2.24, 2.45) is 0 Å². The van der Waals surface area contributed by atoms with Crippen molar-refractivity contribution in [3.8, 4) is 0 Å². The van der Waals surface area contributed by atoms with Gasteiger partial charge in [-0.05, 0) is 38.3 Å². The van der Waals surface area contributed by atoms with E-state index in [-0.39, 0.29) is 18.0 Å². The molecule has 1 heterocycles. The maximum atomic E-state index is 12.1. The first-order chi connectivity index (χ1) is 8.97. The predicted octanol–water partition coefficient (Wildman–Crippen LogP) is 1.20. The van der Waals surface area contributed by atoms with Crippen LogP contribution in [0, 0.1) is 13.8 Å². The summed E-state index contributed by atoms with van der Waals surface area (Å²) < 4.78 is 0. The lowest BCUT2D eigenvalue weighted by Crippen LogP contribution is -2.41. The van der Waals surface area contributed by atoms with Gasteiger partial charge in [0.2, 0.25) is 5.91 Å². The van der Waals surface area contributed by atoms with Crippen molar-refractivity contribution < 1.29 is 9.90 Å². The molecule has 1 saturated heterocycles. The number of rotatable bonds is 3. The lowest BCUT2D eigenvalue weighted by Gasteiger charge is -2.19. The van der Waals surface area contributed by atoms with Crippen LogP contribution >= 0.6 is 0 Å². The first-order valence-electron chi connectivity index (χ1n) is 6.76. The van der Waals surface area contributed by atoms with Crippen LogP contribution in [0.1, 0.15) is 36.1 Å². The van der Waals surface area contributed by atoms with Crippen LogP contribution in [-0.2, 0) is 4.79 Å². The molecule has 0 bridgehead atoms. The number of nitrogens with one attached hydrogen (secondary N) is 2. The molecule has 1 amide bonds. The molecule has 4 nitrogen and oxygen atoms in total. The summed E-state index contributed by atoms with van der Waals surface area (Å²) in [5, 5.41) is 15.5. The highest BCUT2D eigenvalue weighted by Crippen LogP contribution is 2.19. The first kappa shape index (κ1) is 14.0. The van der Waals surface area contributed by atoms with Crippen LogP contribution in [0.3, 0.4) is 0 Å². The number of β-amino-alcohol motifs (C(OH)–C–C–N with tert-alkyl or cyclic N) is 1.